The number of hydrogen-bond donors (Lipinski definition) is 0. The minimum atomic E-state index is 0.829. The number of benzene rings is 1. The Morgan fingerprint density at radius 1 is 0.333 bits per heavy atom. The lowest BCUT2D eigenvalue weighted by Crippen LogP contribution is -1.86. The minimum absolute atomic E-state index is 0.829. The first-order valence-electron chi connectivity index (χ1n) is 17.8. The third kappa shape index (κ3) is 24.7. The van der Waals surface area contributed by atoms with E-state index in [1.807, 2.05) is 129 Å². The van der Waals surface area contributed by atoms with E-state index in [1.54, 1.807) is 12.4 Å². The van der Waals surface area contributed by atoms with E-state index in [2.05, 4.69) is 105 Å². The third-order valence-corrected chi connectivity index (χ3v) is 7.69. The lowest BCUT2D eigenvalue weighted by molar-refractivity contribution is 0.504. The molecule has 0 spiro atoms. The normalized spacial score (nSPS) is 9.30. The first-order chi connectivity index (χ1) is 25.5. The van der Waals surface area contributed by atoms with Gasteiger partial charge >= 0.3 is 0 Å². The topological polar surface area (TPSA) is 103 Å². The Labute approximate surface area is 328 Å². The van der Waals surface area contributed by atoms with E-state index >= 15 is 0 Å². The highest BCUT2D eigenvalue weighted by Gasteiger charge is 1.87. The molecule has 0 atom stereocenters. The summed E-state index contributed by atoms with van der Waals surface area (Å²) in [6, 6.07) is 24.6. The van der Waals surface area contributed by atoms with Crippen molar-refractivity contribution in [2.45, 2.75) is 96.9 Å². The summed E-state index contributed by atoms with van der Waals surface area (Å²) in [4.78, 5) is 22.8. The van der Waals surface area contributed by atoms with Crippen LogP contribution >= 0.6 is 11.3 Å². The van der Waals surface area contributed by atoms with Gasteiger partial charge in [0.15, 0.2) is 0 Å². The highest BCUT2D eigenvalue weighted by atomic mass is 32.1. The van der Waals surface area contributed by atoms with Crippen molar-refractivity contribution in [1.82, 2.24) is 35.1 Å². The number of thiophene rings is 1. The first kappa shape index (κ1) is 46.6. The predicted octanol–water partition coefficient (Wildman–Crippen LogP) is 11.5. The van der Waals surface area contributed by atoms with Gasteiger partial charge in [-0.25, -0.2) is 9.97 Å². The van der Waals surface area contributed by atoms with Crippen LogP contribution < -0.4 is 0 Å². The molecule has 7 aromatic rings. The number of aromatic nitrogens is 7. The molecule has 0 saturated heterocycles. The van der Waals surface area contributed by atoms with Crippen molar-refractivity contribution in [1.29, 1.82) is 0 Å². The van der Waals surface area contributed by atoms with Gasteiger partial charge in [-0.05, 0) is 151 Å². The number of nitrogens with zero attached hydrogens (tertiary/aromatic N) is 7. The first-order valence-corrected chi connectivity index (χ1v) is 18.6. The van der Waals surface area contributed by atoms with Gasteiger partial charge in [-0.2, -0.15) is 10.2 Å². The van der Waals surface area contributed by atoms with Gasteiger partial charge in [-0.3, -0.25) is 15.0 Å². The number of furan rings is 1. The van der Waals surface area contributed by atoms with Crippen molar-refractivity contribution < 1.29 is 4.42 Å². The molecule has 0 aliphatic heterocycles. The number of rotatable bonds is 0. The SMILES string of the molecule is Cc1ccc(C)cc1.Cc1ccc(C)nc1.Cc1ccc(C)nn1.Cc1ccc(C)o1.Cc1ccc(C)s1.Cc1cnc(C)cn1.Cc1cnc(C)nc1. The zero-order valence-corrected chi connectivity index (χ0v) is 35.6. The van der Waals surface area contributed by atoms with Gasteiger partial charge in [0, 0.05) is 46.4 Å². The summed E-state index contributed by atoms with van der Waals surface area (Å²) in [5.41, 5.74) is 9.94. The largest absolute Gasteiger partial charge is 0.467 e. The molecule has 1 aromatic carbocycles. The van der Waals surface area contributed by atoms with Crippen molar-refractivity contribution in [3.63, 3.8) is 0 Å². The number of pyridine rings is 1. The molecule has 0 bridgehead atoms. The summed E-state index contributed by atoms with van der Waals surface area (Å²) < 4.78 is 5.08. The average molecular weight is 746 g/mol. The molecule has 7 rings (SSSR count). The van der Waals surface area contributed by atoms with E-state index in [-0.39, 0.29) is 0 Å². The van der Waals surface area contributed by atoms with Crippen molar-refractivity contribution in [3.05, 3.63) is 182 Å². The van der Waals surface area contributed by atoms with Crippen LogP contribution in [0.5, 0.6) is 0 Å². The van der Waals surface area contributed by atoms with E-state index in [0.29, 0.717) is 0 Å². The second kappa shape index (κ2) is 26.4. The molecular formula is C45H59N7OS. The van der Waals surface area contributed by atoms with Crippen LogP contribution in [0, 0.1) is 96.9 Å². The molecule has 0 fully saturated rings. The van der Waals surface area contributed by atoms with Crippen LogP contribution in [0.1, 0.15) is 77.8 Å². The van der Waals surface area contributed by atoms with Crippen LogP contribution in [0.2, 0.25) is 0 Å². The lowest BCUT2D eigenvalue weighted by atomic mass is 10.2. The van der Waals surface area contributed by atoms with Gasteiger partial charge in [0.2, 0.25) is 0 Å². The van der Waals surface area contributed by atoms with Gasteiger partial charge in [0.25, 0.3) is 0 Å². The van der Waals surface area contributed by atoms with E-state index in [9.17, 15) is 0 Å². The van der Waals surface area contributed by atoms with Crippen molar-refractivity contribution >= 4 is 11.3 Å². The molecule has 8 nitrogen and oxygen atoms in total. The van der Waals surface area contributed by atoms with Crippen LogP contribution in [0.25, 0.3) is 0 Å². The van der Waals surface area contributed by atoms with E-state index in [4.69, 9.17) is 4.42 Å². The Morgan fingerprint density at radius 3 is 0.963 bits per heavy atom. The molecular weight excluding hydrogens is 687 g/mol. The highest BCUT2D eigenvalue weighted by Crippen LogP contribution is 2.12. The van der Waals surface area contributed by atoms with Gasteiger partial charge < -0.3 is 4.42 Å². The van der Waals surface area contributed by atoms with Crippen molar-refractivity contribution in [2.75, 3.05) is 0 Å². The van der Waals surface area contributed by atoms with Gasteiger partial charge in [0.1, 0.15) is 17.3 Å². The highest BCUT2D eigenvalue weighted by molar-refractivity contribution is 7.11. The minimum Gasteiger partial charge on any atom is -0.467 e. The maximum atomic E-state index is 5.08. The average Bonchev–Trinajstić information content (AvgIpc) is 3.73. The van der Waals surface area contributed by atoms with E-state index in [1.165, 1.54) is 26.4 Å². The smallest absolute Gasteiger partial charge is 0.125 e. The zero-order valence-electron chi connectivity index (χ0n) is 34.8. The quantitative estimate of drug-likeness (QED) is 0.151. The van der Waals surface area contributed by atoms with E-state index in [0.717, 1.165) is 51.4 Å². The Balaban J connectivity index is 0.000000315. The molecule has 54 heavy (non-hydrogen) atoms. The summed E-state index contributed by atoms with van der Waals surface area (Å²) in [7, 11) is 0. The molecule has 286 valence electrons. The standard InChI is InChI=1S/C8H10.C7H9N.3C6H8N2.C6H8O.C6H8S/c1-7-3-5-8(2)6-4-7;1-6-3-4-7(2)8-5-6;1-5-3-8-6(2)4-7-5;1-5-3-7-6(2)8-4-5;1-5-3-4-6(2)8-7-5;2*1-5-3-4-6(2)7-5/h3-6H,1-2H3;3-5H,1-2H3;3*3-4H,1-2H3;2*3-4H,1-2H3. The van der Waals surface area contributed by atoms with Crippen LogP contribution in [0.3, 0.4) is 0 Å². The maximum Gasteiger partial charge on any atom is 0.125 e. The molecule has 0 aliphatic rings. The molecule has 0 aliphatic carbocycles. The molecule has 0 N–H and O–H groups in total. The van der Waals surface area contributed by atoms with Crippen LogP contribution in [0.15, 0.2) is 108 Å². The van der Waals surface area contributed by atoms with Crippen molar-refractivity contribution in [2.24, 2.45) is 0 Å². The number of hydrogen-bond acceptors (Lipinski definition) is 9. The summed E-state index contributed by atoms with van der Waals surface area (Å²) in [5.74, 6) is 2.80. The Kier molecular flexibility index (Phi) is 22.8. The Morgan fingerprint density at radius 2 is 0.704 bits per heavy atom. The monoisotopic (exact) mass is 745 g/mol. The fraction of sp³-hybridized carbons (Fsp3) is 0.311. The Bertz CT molecular complexity index is 1540. The third-order valence-electron chi connectivity index (χ3n) is 6.78. The van der Waals surface area contributed by atoms with Crippen molar-refractivity contribution in [3.8, 4) is 0 Å². The summed E-state index contributed by atoms with van der Waals surface area (Å²) >= 11 is 1.84. The maximum absolute atomic E-state index is 5.08. The number of aryl methyl sites for hydroxylation is 14. The van der Waals surface area contributed by atoms with Gasteiger partial charge in [-0.1, -0.05) is 41.5 Å². The summed E-state index contributed by atoms with van der Waals surface area (Å²) in [6.45, 7) is 27.9. The Hall–Kier alpha value is -5.41. The van der Waals surface area contributed by atoms with Crippen LogP contribution in [-0.2, 0) is 0 Å². The molecule has 0 amide bonds. The van der Waals surface area contributed by atoms with E-state index < -0.39 is 0 Å². The summed E-state index contributed by atoms with van der Waals surface area (Å²) in [6.07, 6.45) is 9.00. The van der Waals surface area contributed by atoms with Gasteiger partial charge in [-0.15, -0.1) is 11.3 Å². The van der Waals surface area contributed by atoms with Crippen LogP contribution in [-0.4, -0.2) is 35.1 Å². The van der Waals surface area contributed by atoms with Crippen LogP contribution in [0.4, 0.5) is 0 Å². The lowest BCUT2D eigenvalue weighted by Gasteiger charge is -1.90. The second-order valence-electron chi connectivity index (χ2n) is 12.9. The molecule has 0 radical (unpaired) electrons. The molecule has 0 saturated carbocycles. The zero-order chi connectivity index (χ0) is 40.5. The fourth-order valence-electron chi connectivity index (χ4n) is 3.67. The summed E-state index contributed by atoms with van der Waals surface area (Å²) in [5, 5.41) is 7.66. The fourth-order valence-corrected chi connectivity index (χ4v) is 4.45. The molecule has 6 heterocycles. The predicted molar refractivity (Wildman–Crippen MR) is 226 cm³/mol. The van der Waals surface area contributed by atoms with Gasteiger partial charge in [0.05, 0.1) is 22.8 Å². The molecule has 9 heteroatoms. The second-order valence-corrected chi connectivity index (χ2v) is 14.4. The molecule has 6 aromatic heterocycles. The molecule has 0 unspecified atom stereocenters.